The van der Waals surface area contributed by atoms with Crippen LogP contribution in [0.5, 0.6) is 0 Å². The summed E-state index contributed by atoms with van der Waals surface area (Å²) in [5, 5.41) is 8.29. The van der Waals surface area contributed by atoms with Crippen LogP contribution in [0.15, 0.2) is 28.8 Å². The van der Waals surface area contributed by atoms with Crippen LogP contribution in [0.2, 0.25) is 0 Å². The Morgan fingerprint density at radius 3 is 2.93 bits per heavy atom. The van der Waals surface area contributed by atoms with Crippen LogP contribution in [0.4, 0.5) is 5.82 Å². The molecule has 14 heavy (non-hydrogen) atoms. The van der Waals surface area contributed by atoms with Crippen LogP contribution < -0.4 is 5.32 Å². The van der Waals surface area contributed by atoms with E-state index in [1.54, 1.807) is 0 Å². The molecule has 0 amide bonds. The zero-order chi connectivity index (χ0) is 9.97. The summed E-state index contributed by atoms with van der Waals surface area (Å²) in [6.07, 6.45) is 0. The lowest BCUT2D eigenvalue weighted by Crippen LogP contribution is -2.08. The van der Waals surface area contributed by atoms with E-state index in [4.69, 9.17) is 4.52 Å². The minimum Gasteiger partial charge on any atom is -0.366 e. The lowest BCUT2D eigenvalue weighted by molar-refractivity contribution is 0.458. The van der Waals surface area contributed by atoms with E-state index in [9.17, 15) is 0 Å². The van der Waals surface area contributed by atoms with Crippen molar-refractivity contribution in [3.63, 3.8) is 0 Å². The van der Waals surface area contributed by atoms with Crippen molar-refractivity contribution in [2.75, 3.05) is 11.9 Å². The van der Waals surface area contributed by atoms with Crippen molar-refractivity contribution in [3.8, 4) is 0 Å². The molecule has 0 bridgehead atoms. The van der Waals surface area contributed by atoms with Crippen LogP contribution in [0, 0.1) is 5.92 Å². The predicted octanol–water partition coefficient (Wildman–Crippen LogP) is 2.90. The van der Waals surface area contributed by atoms with E-state index in [1.807, 2.05) is 24.3 Å². The first-order valence-corrected chi connectivity index (χ1v) is 4.85. The number of aromatic nitrogens is 1. The molecule has 2 rings (SSSR count). The lowest BCUT2D eigenvalue weighted by Gasteiger charge is -2.04. The Hall–Kier alpha value is -1.51. The van der Waals surface area contributed by atoms with Gasteiger partial charge in [0.15, 0.2) is 11.4 Å². The second kappa shape index (κ2) is 3.70. The predicted molar refractivity (Wildman–Crippen MR) is 57.3 cm³/mol. The number of nitrogens with zero attached hydrogens (tertiary/aromatic N) is 1. The van der Waals surface area contributed by atoms with Crippen molar-refractivity contribution in [1.82, 2.24) is 5.16 Å². The smallest absolute Gasteiger partial charge is 0.177 e. The molecule has 0 saturated carbocycles. The van der Waals surface area contributed by atoms with Gasteiger partial charge in [-0.25, -0.2) is 0 Å². The van der Waals surface area contributed by atoms with Gasteiger partial charge in [0.05, 0.1) is 5.39 Å². The summed E-state index contributed by atoms with van der Waals surface area (Å²) in [4.78, 5) is 0. The number of nitrogens with one attached hydrogen (secondary N) is 1. The first kappa shape index (κ1) is 9.06. The van der Waals surface area contributed by atoms with E-state index in [1.165, 1.54) is 0 Å². The lowest BCUT2D eigenvalue weighted by atomic mass is 10.2. The topological polar surface area (TPSA) is 38.1 Å². The molecule has 0 atom stereocenters. The van der Waals surface area contributed by atoms with Gasteiger partial charge in [0.1, 0.15) is 0 Å². The summed E-state index contributed by atoms with van der Waals surface area (Å²) in [7, 11) is 0. The fraction of sp³-hybridized carbons (Fsp3) is 0.364. The Morgan fingerprint density at radius 2 is 2.14 bits per heavy atom. The first-order valence-electron chi connectivity index (χ1n) is 4.85. The molecule has 1 heterocycles. The van der Waals surface area contributed by atoms with E-state index < -0.39 is 0 Å². The Morgan fingerprint density at radius 1 is 1.36 bits per heavy atom. The van der Waals surface area contributed by atoms with Crippen LogP contribution in [-0.4, -0.2) is 11.7 Å². The molecule has 0 radical (unpaired) electrons. The fourth-order valence-electron chi connectivity index (χ4n) is 1.31. The van der Waals surface area contributed by atoms with Crippen molar-refractivity contribution in [3.05, 3.63) is 24.3 Å². The van der Waals surface area contributed by atoms with E-state index in [0.717, 1.165) is 23.3 Å². The Labute approximate surface area is 83.1 Å². The quantitative estimate of drug-likeness (QED) is 0.808. The van der Waals surface area contributed by atoms with E-state index in [0.29, 0.717) is 5.92 Å². The summed E-state index contributed by atoms with van der Waals surface area (Å²) < 4.78 is 5.17. The third-order valence-corrected chi connectivity index (χ3v) is 2.06. The van der Waals surface area contributed by atoms with Crippen molar-refractivity contribution in [1.29, 1.82) is 0 Å². The molecule has 0 saturated heterocycles. The van der Waals surface area contributed by atoms with Crippen molar-refractivity contribution in [2.45, 2.75) is 13.8 Å². The Kier molecular flexibility index (Phi) is 2.39. The van der Waals surface area contributed by atoms with Crippen molar-refractivity contribution in [2.24, 2.45) is 5.92 Å². The highest BCUT2D eigenvalue weighted by Gasteiger charge is 2.06. The molecule has 1 N–H and O–H groups in total. The van der Waals surface area contributed by atoms with Crippen LogP contribution in [-0.2, 0) is 0 Å². The monoisotopic (exact) mass is 190 g/mol. The van der Waals surface area contributed by atoms with Gasteiger partial charge in [-0.1, -0.05) is 31.1 Å². The molecular formula is C11H14N2O. The molecule has 3 nitrogen and oxygen atoms in total. The van der Waals surface area contributed by atoms with Gasteiger partial charge in [0.25, 0.3) is 0 Å². The third-order valence-electron chi connectivity index (χ3n) is 2.06. The standard InChI is InChI=1S/C11H14N2O/c1-8(2)7-12-11-9-5-3-4-6-10(9)14-13-11/h3-6,8H,7H2,1-2H3,(H,12,13). The summed E-state index contributed by atoms with van der Waals surface area (Å²) >= 11 is 0. The molecule has 74 valence electrons. The van der Waals surface area contributed by atoms with Gasteiger partial charge in [0.2, 0.25) is 0 Å². The van der Waals surface area contributed by atoms with Crippen molar-refractivity contribution >= 4 is 16.8 Å². The molecule has 0 fully saturated rings. The zero-order valence-electron chi connectivity index (χ0n) is 8.45. The van der Waals surface area contributed by atoms with Crippen LogP contribution >= 0.6 is 0 Å². The van der Waals surface area contributed by atoms with Crippen LogP contribution in [0.25, 0.3) is 11.0 Å². The van der Waals surface area contributed by atoms with Crippen LogP contribution in [0.1, 0.15) is 13.8 Å². The third kappa shape index (κ3) is 1.71. The minimum atomic E-state index is 0.602. The molecule has 0 spiro atoms. The second-order valence-corrected chi connectivity index (χ2v) is 3.80. The normalized spacial score (nSPS) is 11.1. The van der Waals surface area contributed by atoms with Gasteiger partial charge in [0, 0.05) is 6.54 Å². The van der Waals surface area contributed by atoms with Gasteiger partial charge in [-0.15, -0.1) is 0 Å². The van der Waals surface area contributed by atoms with Gasteiger partial charge < -0.3 is 9.84 Å². The Balaban J connectivity index is 2.25. The van der Waals surface area contributed by atoms with Gasteiger partial charge in [-0.2, -0.15) is 0 Å². The summed E-state index contributed by atoms with van der Waals surface area (Å²) in [5.74, 6) is 1.44. The van der Waals surface area contributed by atoms with Crippen LogP contribution in [0.3, 0.4) is 0 Å². The number of para-hydroxylation sites is 1. The van der Waals surface area contributed by atoms with E-state index in [-0.39, 0.29) is 0 Å². The average Bonchev–Trinajstić information content (AvgIpc) is 2.58. The number of benzene rings is 1. The molecule has 0 aliphatic heterocycles. The molecule has 1 aromatic carbocycles. The highest BCUT2D eigenvalue weighted by atomic mass is 16.5. The number of hydrogen-bond acceptors (Lipinski definition) is 3. The number of fused-ring (bicyclic) bond motifs is 1. The van der Waals surface area contributed by atoms with E-state index in [2.05, 4.69) is 24.3 Å². The maximum absolute atomic E-state index is 5.17. The molecular weight excluding hydrogens is 176 g/mol. The second-order valence-electron chi connectivity index (χ2n) is 3.80. The van der Waals surface area contributed by atoms with Gasteiger partial charge in [-0.3, -0.25) is 0 Å². The van der Waals surface area contributed by atoms with E-state index >= 15 is 0 Å². The summed E-state index contributed by atoms with van der Waals surface area (Å²) in [5.41, 5.74) is 0.832. The molecule has 0 aliphatic carbocycles. The summed E-state index contributed by atoms with van der Waals surface area (Å²) in [6.45, 7) is 5.24. The Bertz CT molecular complexity index is 420. The largest absolute Gasteiger partial charge is 0.366 e. The molecule has 1 aromatic heterocycles. The molecule has 3 heteroatoms. The maximum atomic E-state index is 5.17. The number of rotatable bonds is 3. The maximum Gasteiger partial charge on any atom is 0.177 e. The molecule has 0 aliphatic rings. The fourth-order valence-corrected chi connectivity index (χ4v) is 1.31. The average molecular weight is 190 g/mol. The minimum absolute atomic E-state index is 0.602. The molecule has 2 aromatic rings. The zero-order valence-corrected chi connectivity index (χ0v) is 8.45. The van der Waals surface area contributed by atoms with Gasteiger partial charge >= 0.3 is 0 Å². The summed E-state index contributed by atoms with van der Waals surface area (Å²) in [6, 6.07) is 7.86. The SMILES string of the molecule is CC(C)CNc1noc2ccccc12. The molecule has 0 unspecified atom stereocenters. The van der Waals surface area contributed by atoms with Gasteiger partial charge in [-0.05, 0) is 18.1 Å². The number of hydrogen-bond donors (Lipinski definition) is 1. The van der Waals surface area contributed by atoms with Crippen molar-refractivity contribution < 1.29 is 4.52 Å². The first-order chi connectivity index (χ1) is 6.77. The highest BCUT2D eigenvalue weighted by molar-refractivity contribution is 5.87. The number of anilines is 1. The highest BCUT2D eigenvalue weighted by Crippen LogP contribution is 2.21.